The molecular formula is C54H84N22O3. The van der Waals surface area contributed by atoms with Crippen LogP contribution in [-0.2, 0) is 23.7 Å². The largest absolute Gasteiger partial charge is 0.412 e. The number of nitrogens with one attached hydrogen (secondary N) is 7. The maximum Gasteiger partial charge on any atom is 0.239 e. The number of carbonyl (C=O) groups excluding carboxylic acids is 2. The molecule has 10 heterocycles. The highest BCUT2D eigenvalue weighted by molar-refractivity contribution is 5.94. The quantitative estimate of drug-likeness (QED) is 0.0936. The average molecular weight is 1090 g/mol. The van der Waals surface area contributed by atoms with Gasteiger partial charge in [0.15, 0.2) is 11.3 Å². The minimum Gasteiger partial charge on any atom is -0.412 e. The topological polar surface area (TPSA) is 340 Å². The van der Waals surface area contributed by atoms with E-state index in [0.29, 0.717) is 42.5 Å². The SMILES string of the molecule is C/C(=C1\N=C(N)C=C([C@H]2CCCNC2)N1)c1cnn(C)c1.CN(C)C(=O)[C@@H]1CC[C@H](c2cc(N)n3ncc(-c4cnn(C)c4)c3n2)CN1.CN/C=C(\C)c1cnn2c(N)cc([C@H]3CC[C@@H](C(=O)NC)NC3)nc12.CNC(C)C.O. The van der Waals surface area contributed by atoms with Gasteiger partial charge in [-0.25, -0.2) is 15.0 Å². The van der Waals surface area contributed by atoms with Gasteiger partial charge in [-0.15, -0.1) is 0 Å². The van der Waals surface area contributed by atoms with Gasteiger partial charge in [-0.3, -0.25) is 19.0 Å². The number of hydrogen-bond donors (Lipinski definition) is 10. The molecule has 2 amide bonds. The molecule has 6 aromatic rings. The average Bonchev–Trinajstić information content (AvgIpc) is 4.31. The number of fused-ring (bicyclic) bond motifs is 2. The van der Waals surface area contributed by atoms with E-state index in [2.05, 4.69) is 76.5 Å². The van der Waals surface area contributed by atoms with Gasteiger partial charge in [-0.05, 0) is 83.8 Å². The van der Waals surface area contributed by atoms with Crippen molar-refractivity contribution in [1.29, 1.82) is 0 Å². The zero-order chi connectivity index (χ0) is 56.2. The van der Waals surface area contributed by atoms with Gasteiger partial charge in [0, 0.05) is 144 Å². The van der Waals surface area contributed by atoms with Crippen molar-refractivity contribution in [3.8, 4) is 11.1 Å². The van der Waals surface area contributed by atoms with Crippen LogP contribution in [0.2, 0.25) is 0 Å². The van der Waals surface area contributed by atoms with E-state index in [1.807, 2.05) is 85.0 Å². The minimum atomic E-state index is -0.131. The van der Waals surface area contributed by atoms with Gasteiger partial charge < -0.3 is 64.8 Å². The summed E-state index contributed by atoms with van der Waals surface area (Å²) < 4.78 is 6.85. The van der Waals surface area contributed by atoms with Crippen molar-refractivity contribution in [3.63, 3.8) is 0 Å². The molecule has 4 aliphatic rings. The highest BCUT2D eigenvalue weighted by Gasteiger charge is 2.30. The van der Waals surface area contributed by atoms with Crippen molar-refractivity contribution >= 4 is 51.7 Å². The van der Waals surface area contributed by atoms with Crippen LogP contribution in [0, 0.1) is 5.92 Å². The molecule has 25 heteroatoms. The van der Waals surface area contributed by atoms with Crippen LogP contribution in [-0.4, -0.2) is 156 Å². The van der Waals surface area contributed by atoms with Crippen molar-refractivity contribution in [3.05, 3.63) is 95.6 Å². The number of anilines is 2. The summed E-state index contributed by atoms with van der Waals surface area (Å²) in [5.41, 5.74) is 28.9. The zero-order valence-corrected chi connectivity index (χ0v) is 47.7. The maximum atomic E-state index is 12.1. The molecule has 3 fully saturated rings. The Morgan fingerprint density at radius 2 is 1.38 bits per heavy atom. The van der Waals surface area contributed by atoms with E-state index >= 15 is 0 Å². The number of amidine groups is 1. The van der Waals surface area contributed by atoms with Gasteiger partial charge in [0.1, 0.15) is 23.3 Å². The van der Waals surface area contributed by atoms with E-state index in [0.717, 1.165) is 106 Å². The molecule has 0 saturated carbocycles. The Bertz CT molecular complexity index is 3120. The van der Waals surface area contributed by atoms with Crippen LogP contribution in [0.25, 0.3) is 33.6 Å². The lowest BCUT2D eigenvalue weighted by atomic mass is 9.91. The monoisotopic (exact) mass is 1090 g/mol. The van der Waals surface area contributed by atoms with Crippen molar-refractivity contribution in [2.75, 3.05) is 72.9 Å². The van der Waals surface area contributed by atoms with E-state index in [4.69, 9.17) is 27.2 Å². The maximum absolute atomic E-state index is 12.1. The van der Waals surface area contributed by atoms with Crippen LogP contribution in [0.5, 0.6) is 0 Å². The first-order valence-electron chi connectivity index (χ1n) is 26.8. The second kappa shape index (κ2) is 27.7. The Morgan fingerprint density at radius 1 is 0.772 bits per heavy atom. The number of piperidine rings is 3. The van der Waals surface area contributed by atoms with Gasteiger partial charge in [-0.2, -0.15) is 29.4 Å². The number of nitrogen functional groups attached to an aromatic ring is 2. The highest BCUT2D eigenvalue weighted by Crippen LogP contribution is 2.31. The summed E-state index contributed by atoms with van der Waals surface area (Å²) in [5.74, 6) is 3.57. The molecule has 0 bridgehead atoms. The number of aryl methyl sites for hydroxylation is 2. The number of likely N-dealkylation sites (N-methyl/N-ethyl adjacent to an activating group) is 2. The Kier molecular flexibility index (Phi) is 21.3. The lowest BCUT2D eigenvalue weighted by Gasteiger charge is -2.30. The Hall–Kier alpha value is -7.71. The molecular weight excluding hydrogens is 1000 g/mol. The Labute approximate surface area is 462 Å². The van der Waals surface area contributed by atoms with Crippen molar-refractivity contribution in [1.82, 2.24) is 90.9 Å². The molecule has 0 radical (unpaired) electrons. The lowest BCUT2D eigenvalue weighted by Crippen LogP contribution is -2.48. The molecule has 15 N–H and O–H groups in total. The summed E-state index contributed by atoms with van der Waals surface area (Å²) in [5, 5.41) is 39.4. The predicted octanol–water partition coefficient (Wildman–Crippen LogP) is 1.85. The normalized spacial score (nSPS) is 20.9. The zero-order valence-electron chi connectivity index (χ0n) is 47.7. The van der Waals surface area contributed by atoms with Gasteiger partial charge in [0.2, 0.25) is 11.8 Å². The molecule has 5 atom stereocenters. The fourth-order valence-electron chi connectivity index (χ4n) is 9.69. The number of nitrogens with zero attached hydrogens (tertiary/aromatic N) is 12. The van der Waals surface area contributed by atoms with Gasteiger partial charge in [-0.1, -0.05) is 13.8 Å². The van der Waals surface area contributed by atoms with E-state index < -0.39 is 0 Å². The third-order valence-corrected chi connectivity index (χ3v) is 14.4. The number of aliphatic imine (C=N–C) groups is 1. The van der Waals surface area contributed by atoms with E-state index in [1.165, 1.54) is 12.8 Å². The molecule has 0 aromatic carbocycles. The number of nitrogens with two attached hydrogens (primary N) is 3. The predicted molar refractivity (Wildman–Crippen MR) is 312 cm³/mol. The summed E-state index contributed by atoms with van der Waals surface area (Å²) in [6, 6.07) is 4.14. The smallest absolute Gasteiger partial charge is 0.239 e. The second-order valence-electron chi connectivity index (χ2n) is 20.8. The van der Waals surface area contributed by atoms with Crippen LogP contribution >= 0.6 is 0 Å². The fourth-order valence-corrected chi connectivity index (χ4v) is 9.69. The molecule has 4 aliphatic heterocycles. The second-order valence-corrected chi connectivity index (χ2v) is 20.8. The number of aromatic nitrogens is 10. The third kappa shape index (κ3) is 15.1. The van der Waals surface area contributed by atoms with Crippen molar-refractivity contribution < 1.29 is 15.1 Å². The summed E-state index contributed by atoms with van der Waals surface area (Å²) in [6.45, 7) is 11.8. The van der Waals surface area contributed by atoms with E-state index in [-0.39, 0.29) is 41.2 Å². The number of allylic oxidation sites excluding steroid dienone is 2. The van der Waals surface area contributed by atoms with Crippen molar-refractivity contribution in [2.45, 2.75) is 96.2 Å². The van der Waals surface area contributed by atoms with E-state index in [1.54, 1.807) is 63.0 Å². The summed E-state index contributed by atoms with van der Waals surface area (Å²) >= 11 is 0. The molecule has 79 heavy (non-hydrogen) atoms. The number of rotatable bonds is 10. The third-order valence-electron chi connectivity index (χ3n) is 14.4. The van der Waals surface area contributed by atoms with Gasteiger partial charge >= 0.3 is 0 Å². The Balaban J connectivity index is 0.000000183. The fraction of sp³-hybridized carbons (Fsp3) is 0.500. The molecule has 25 nitrogen and oxygen atoms in total. The number of hydrogen-bond acceptors (Lipinski definition) is 18. The van der Waals surface area contributed by atoms with Crippen LogP contribution in [0.15, 0.2) is 78.1 Å². The first-order valence-corrected chi connectivity index (χ1v) is 26.8. The van der Waals surface area contributed by atoms with Crippen LogP contribution in [0.1, 0.15) is 101 Å². The molecule has 0 spiro atoms. The molecule has 3 saturated heterocycles. The first-order chi connectivity index (χ1) is 37.4. The molecule has 428 valence electrons. The van der Waals surface area contributed by atoms with Gasteiger partial charge in [0.05, 0.1) is 48.3 Å². The molecule has 0 unspecified atom stereocenters. The van der Waals surface area contributed by atoms with Crippen molar-refractivity contribution in [2.24, 2.45) is 30.7 Å². The van der Waals surface area contributed by atoms with Crippen LogP contribution < -0.4 is 54.4 Å². The highest BCUT2D eigenvalue weighted by atomic mass is 16.2. The van der Waals surface area contributed by atoms with Crippen LogP contribution in [0.3, 0.4) is 0 Å². The molecule has 6 aromatic heterocycles. The summed E-state index contributed by atoms with van der Waals surface area (Å²) in [4.78, 5) is 39.7. The first kappa shape index (κ1) is 60.5. The summed E-state index contributed by atoms with van der Waals surface area (Å²) in [6.07, 6.45) is 20.7. The van der Waals surface area contributed by atoms with Gasteiger partial charge in [0.25, 0.3) is 0 Å². The standard InChI is InChI=1S/C18H24N8O.C17H25N7O.C15H22N6.C4H11N.H2O/c1-24(2)18(27)14-5-4-11(7-20-14)15-6-16(19)26-17(23-15)13(9-22-26)12-8-21-25(3)10-12;1-10(7-19-2)12-9-22-24-15(18)6-14(23-16(12)24)11-4-5-13(21-8-11)17(25)20-3;1-10(12-8-18-21(2)9-12)15-19-13(6-14(16)20-15)11-4-3-5-17-7-11;1-4(2)5-3;/h6,8-11,14,20H,4-5,7,19H2,1-3H3;6-7,9,11,13,19,21H,4-5,8,18H2,1-3H3,(H,20,25);6,8-9,11,17,19H,3-5,7H2,1-2H3,(H2,16,20);4-5H,1-3H3;1H2/b;10-7+;15-10+;;/t11-,14-;11-,13-;11-;;/m000../s1. The Morgan fingerprint density at radius 3 is 1.91 bits per heavy atom. The van der Waals surface area contributed by atoms with E-state index in [9.17, 15) is 9.59 Å². The minimum absolute atomic E-state index is 0. The number of amides is 2. The number of carbonyl (C=O) groups is 2. The van der Waals surface area contributed by atoms with Crippen LogP contribution in [0.4, 0.5) is 11.6 Å². The molecule has 0 aliphatic carbocycles. The lowest BCUT2D eigenvalue weighted by molar-refractivity contribution is -0.131. The summed E-state index contributed by atoms with van der Waals surface area (Å²) in [7, 11) is 12.8. The molecule has 10 rings (SSSR count).